The Morgan fingerprint density at radius 3 is 2.12 bits per heavy atom. The van der Waals surface area contributed by atoms with Crippen LogP contribution in [0.3, 0.4) is 0 Å². The van der Waals surface area contributed by atoms with Gasteiger partial charge in [-0.15, -0.1) is 0 Å². The van der Waals surface area contributed by atoms with E-state index < -0.39 is 42.1 Å². The van der Waals surface area contributed by atoms with Crippen LogP contribution in [0.4, 0.5) is 38.1 Å². The average molecular weight is 604 g/mol. The molecule has 0 radical (unpaired) electrons. The fourth-order valence-electron chi connectivity index (χ4n) is 4.92. The first kappa shape index (κ1) is 31.5. The smallest absolute Gasteiger partial charge is 0.416 e. The molecule has 1 aliphatic carbocycles. The summed E-state index contributed by atoms with van der Waals surface area (Å²) in [5.74, 6) is -6.98. The highest BCUT2D eigenvalue weighted by Crippen LogP contribution is 2.34. The molecule has 43 heavy (non-hydrogen) atoms. The van der Waals surface area contributed by atoms with E-state index in [1.54, 1.807) is 12.1 Å². The first-order valence-corrected chi connectivity index (χ1v) is 13.7. The molecule has 1 aliphatic rings. The third-order valence-corrected chi connectivity index (χ3v) is 7.31. The average Bonchev–Trinajstić information content (AvgIpc) is 2.99. The van der Waals surface area contributed by atoms with E-state index in [4.69, 9.17) is 5.11 Å². The van der Waals surface area contributed by atoms with Crippen LogP contribution in [0, 0.1) is 0 Å². The van der Waals surface area contributed by atoms with Crippen molar-refractivity contribution in [2.75, 3.05) is 16.8 Å². The Balaban J connectivity index is 1.54. The fourth-order valence-corrected chi connectivity index (χ4v) is 4.92. The fraction of sp³-hybridized carbons (Fsp3) is 0.323. The van der Waals surface area contributed by atoms with E-state index in [0.29, 0.717) is 17.2 Å². The Morgan fingerprint density at radius 1 is 0.860 bits per heavy atom. The Kier molecular flexibility index (Phi) is 9.67. The number of carboxylic acid groups (broad SMARTS) is 1. The molecule has 3 aromatic carbocycles. The first-order chi connectivity index (χ1) is 20.3. The topological polar surface area (TPSA) is 98.7 Å². The number of rotatable bonds is 9. The minimum Gasteiger partial charge on any atom is -0.477 e. The largest absolute Gasteiger partial charge is 0.477 e. The number of anilines is 2. The second-order valence-corrected chi connectivity index (χ2v) is 10.4. The predicted octanol–water partition coefficient (Wildman–Crippen LogP) is 7.44. The number of urea groups is 1. The van der Waals surface area contributed by atoms with Crippen LogP contribution in [0.1, 0.15) is 65.1 Å². The van der Waals surface area contributed by atoms with Crippen molar-refractivity contribution in [1.29, 1.82) is 0 Å². The standard InChI is InChI=1S/C31H30F5N3O4/c32-30(33,28(41)42)19-37-27(40)23-11-9-20(10-12-23)18-39(26-15-13-22(14-16-26)21-5-2-1-3-6-21)29(43)38-25-8-4-7-24(17-25)31(34,35)36/h4,7-17,21H,1-3,5-6,18-19H2,(H,37,40)(H,38,43)(H,41,42). The Hall–Kier alpha value is -4.48. The van der Waals surface area contributed by atoms with Crippen molar-refractivity contribution in [3.8, 4) is 0 Å². The van der Waals surface area contributed by atoms with E-state index in [2.05, 4.69) is 5.32 Å². The number of hydrogen-bond acceptors (Lipinski definition) is 3. The van der Waals surface area contributed by atoms with E-state index >= 15 is 0 Å². The summed E-state index contributed by atoms with van der Waals surface area (Å²) < 4.78 is 66.3. The second-order valence-electron chi connectivity index (χ2n) is 10.4. The Morgan fingerprint density at radius 2 is 1.51 bits per heavy atom. The first-order valence-electron chi connectivity index (χ1n) is 13.7. The Bertz CT molecular complexity index is 1440. The SMILES string of the molecule is O=C(NCC(F)(F)C(=O)O)c1ccc(CN(C(=O)Nc2cccc(C(F)(F)F)c2)c2ccc(C3CCCCC3)cc2)cc1. The van der Waals surface area contributed by atoms with Crippen molar-refractivity contribution in [3.05, 3.63) is 95.1 Å². The van der Waals surface area contributed by atoms with E-state index in [-0.39, 0.29) is 17.8 Å². The van der Waals surface area contributed by atoms with Gasteiger partial charge < -0.3 is 15.7 Å². The normalized spacial score (nSPS) is 14.2. The van der Waals surface area contributed by atoms with Crippen LogP contribution >= 0.6 is 0 Å². The number of carbonyl (C=O) groups excluding carboxylic acids is 2. The molecule has 12 heteroatoms. The lowest BCUT2D eigenvalue weighted by Gasteiger charge is -2.26. The predicted molar refractivity (Wildman–Crippen MR) is 150 cm³/mol. The highest BCUT2D eigenvalue weighted by molar-refractivity contribution is 6.01. The van der Waals surface area contributed by atoms with Gasteiger partial charge in [-0.05, 0) is 72.4 Å². The zero-order valence-electron chi connectivity index (χ0n) is 23.0. The summed E-state index contributed by atoms with van der Waals surface area (Å²) in [6.07, 6.45) is 1.06. The lowest BCUT2D eigenvalue weighted by Crippen LogP contribution is -2.42. The van der Waals surface area contributed by atoms with Gasteiger partial charge in [0.15, 0.2) is 0 Å². The number of carbonyl (C=O) groups is 3. The third kappa shape index (κ3) is 8.30. The van der Waals surface area contributed by atoms with Gasteiger partial charge in [0, 0.05) is 16.9 Å². The van der Waals surface area contributed by atoms with Crippen LogP contribution in [0.15, 0.2) is 72.8 Å². The molecule has 0 heterocycles. The Labute approximate surface area is 244 Å². The van der Waals surface area contributed by atoms with Gasteiger partial charge >= 0.3 is 24.1 Å². The van der Waals surface area contributed by atoms with Crippen molar-refractivity contribution in [2.45, 2.75) is 56.7 Å². The van der Waals surface area contributed by atoms with Crippen LogP contribution in [-0.2, 0) is 17.5 Å². The molecular weight excluding hydrogens is 573 g/mol. The van der Waals surface area contributed by atoms with Crippen LogP contribution < -0.4 is 15.5 Å². The molecular formula is C31H30F5N3O4. The lowest BCUT2D eigenvalue weighted by atomic mass is 9.84. The maximum Gasteiger partial charge on any atom is 0.416 e. The zero-order valence-corrected chi connectivity index (χ0v) is 23.0. The molecule has 0 unspecified atom stereocenters. The summed E-state index contributed by atoms with van der Waals surface area (Å²) >= 11 is 0. The molecule has 1 saturated carbocycles. The molecule has 228 valence electrons. The van der Waals surface area contributed by atoms with Gasteiger partial charge in [-0.1, -0.05) is 49.6 Å². The summed E-state index contributed by atoms with van der Waals surface area (Å²) in [6.45, 7) is -1.42. The number of hydrogen-bond donors (Lipinski definition) is 3. The van der Waals surface area contributed by atoms with E-state index in [0.717, 1.165) is 43.4 Å². The molecule has 1 fully saturated rings. The molecule has 0 atom stereocenters. The molecule has 4 rings (SSSR count). The quantitative estimate of drug-likeness (QED) is 0.222. The van der Waals surface area contributed by atoms with E-state index in [1.807, 2.05) is 17.4 Å². The number of carboxylic acids is 1. The number of aliphatic carboxylic acids is 1. The van der Waals surface area contributed by atoms with Gasteiger partial charge in [-0.25, -0.2) is 9.59 Å². The maximum absolute atomic E-state index is 13.4. The van der Waals surface area contributed by atoms with Gasteiger partial charge in [0.2, 0.25) is 0 Å². The van der Waals surface area contributed by atoms with Crippen molar-refractivity contribution in [3.63, 3.8) is 0 Å². The molecule has 0 aliphatic heterocycles. The van der Waals surface area contributed by atoms with Gasteiger partial charge in [0.25, 0.3) is 5.91 Å². The molecule has 0 aromatic heterocycles. The van der Waals surface area contributed by atoms with Gasteiger partial charge in [-0.2, -0.15) is 22.0 Å². The van der Waals surface area contributed by atoms with E-state index in [9.17, 15) is 36.3 Å². The number of nitrogens with zero attached hydrogens (tertiary/aromatic N) is 1. The highest BCUT2D eigenvalue weighted by atomic mass is 19.4. The minimum atomic E-state index is -4.59. The van der Waals surface area contributed by atoms with Gasteiger partial charge in [0.1, 0.15) is 0 Å². The molecule has 3 N–H and O–H groups in total. The third-order valence-electron chi connectivity index (χ3n) is 7.31. The second kappa shape index (κ2) is 13.2. The number of nitrogens with one attached hydrogen (secondary N) is 2. The van der Waals surface area contributed by atoms with Crippen LogP contribution in [0.25, 0.3) is 0 Å². The summed E-state index contributed by atoms with van der Waals surface area (Å²) in [5, 5.41) is 12.9. The molecule has 0 bridgehead atoms. The summed E-state index contributed by atoms with van der Waals surface area (Å²) in [4.78, 5) is 37.6. The van der Waals surface area contributed by atoms with Crippen molar-refractivity contribution >= 4 is 29.3 Å². The van der Waals surface area contributed by atoms with Crippen molar-refractivity contribution in [1.82, 2.24) is 5.32 Å². The number of alkyl halides is 5. The van der Waals surface area contributed by atoms with Crippen molar-refractivity contribution < 1.29 is 41.4 Å². The zero-order chi connectivity index (χ0) is 31.2. The van der Waals surface area contributed by atoms with Gasteiger partial charge in [-0.3, -0.25) is 9.69 Å². The van der Waals surface area contributed by atoms with E-state index in [1.165, 1.54) is 47.7 Å². The molecule has 0 saturated heterocycles. The summed E-state index contributed by atoms with van der Waals surface area (Å²) in [6, 6.07) is 16.7. The molecule has 0 spiro atoms. The molecule has 3 amide bonds. The number of halogens is 5. The van der Waals surface area contributed by atoms with Gasteiger partial charge in [0.05, 0.1) is 18.7 Å². The van der Waals surface area contributed by atoms with Crippen LogP contribution in [0.2, 0.25) is 0 Å². The molecule has 7 nitrogen and oxygen atoms in total. The summed E-state index contributed by atoms with van der Waals surface area (Å²) in [7, 11) is 0. The minimum absolute atomic E-state index is 0.0123. The van der Waals surface area contributed by atoms with Crippen LogP contribution in [-0.4, -0.2) is 35.5 Å². The van der Waals surface area contributed by atoms with Crippen molar-refractivity contribution in [2.24, 2.45) is 0 Å². The summed E-state index contributed by atoms with van der Waals surface area (Å²) in [5.41, 5.74) is 1.19. The maximum atomic E-state index is 13.4. The highest BCUT2D eigenvalue weighted by Gasteiger charge is 2.39. The molecule has 3 aromatic rings. The lowest BCUT2D eigenvalue weighted by molar-refractivity contribution is -0.163. The number of benzene rings is 3. The monoisotopic (exact) mass is 603 g/mol. The number of amides is 3. The van der Waals surface area contributed by atoms with Crippen LogP contribution in [0.5, 0.6) is 0 Å².